The van der Waals surface area contributed by atoms with Gasteiger partial charge in [-0.15, -0.1) is 11.3 Å². The Balaban J connectivity index is 1.43. The number of fused-ring (bicyclic) bond motifs is 1. The Morgan fingerprint density at radius 3 is 2.75 bits per heavy atom. The topological polar surface area (TPSA) is 58.1 Å². The molecule has 0 saturated carbocycles. The number of hydrogen-bond donors (Lipinski definition) is 2. The molecular formula is C19H19ClN5OS2+. The van der Waals surface area contributed by atoms with Crippen molar-refractivity contribution in [2.45, 2.75) is 6.04 Å². The molecule has 0 unspecified atom stereocenters. The van der Waals surface area contributed by atoms with Gasteiger partial charge in [0.2, 0.25) is 10.8 Å². The highest BCUT2D eigenvalue weighted by molar-refractivity contribution is 7.17. The average Bonchev–Trinajstić information content (AvgIpc) is 3.44. The molecule has 1 aliphatic rings. The van der Waals surface area contributed by atoms with Gasteiger partial charge in [0.25, 0.3) is 0 Å². The summed E-state index contributed by atoms with van der Waals surface area (Å²) in [7, 11) is 0. The summed E-state index contributed by atoms with van der Waals surface area (Å²) < 4.78 is 1.53. The first kappa shape index (κ1) is 17.9. The van der Waals surface area contributed by atoms with Crippen LogP contribution in [0.25, 0.3) is 4.96 Å². The smallest absolute Gasteiger partial charge is 0.235 e. The summed E-state index contributed by atoms with van der Waals surface area (Å²) in [4.78, 5) is 11.0. The van der Waals surface area contributed by atoms with Gasteiger partial charge in [0.05, 0.1) is 31.1 Å². The predicted octanol–water partition coefficient (Wildman–Crippen LogP) is 2.71. The van der Waals surface area contributed by atoms with E-state index in [2.05, 4.69) is 38.6 Å². The molecule has 0 aliphatic carbocycles. The number of quaternary nitrogens is 1. The molecule has 2 N–H and O–H groups in total. The number of nitrogens with one attached hydrogen (secondary N) is 1. The molecule has 1 aliphatic heterocycles. The molecule has 4 heterocycles. The van der Waals surface area contributed by atoms with Crippen molar-refractivity contribution in [1.82, 2.24) is 14.6 Å². The number of hydrogen-bond acceptors (Lipinski definition) is 6. The normalized spacial score (nSPS) is 16.7. The Bertz CT molecular complexity index is 1090. The fourth-order valence-electron chi connectivity index (χ4n) is 3.87. The van der Waals surface area contributed by atoms with Crippen LogP contribution in [-0.4, -0.2) is 45.9 Å². The number of piperazine rings is 1. The van der Waals surface area contributed by atoms with Crippen LogP contribution in [0.4, 0.5) is 5.69 Å². The van der Waals surface area contributed by atoms with Crippen molar-refractivity contribution in [3.8, 4) is 5.88 Å². The van der Waals surface area contributed by atoms with Crippen LogP contribution >= 0.6 is 34.3 Å². The van der Waals surface area contributed by atoms with Gasteiger partial charge in [0.1, 0.15) is 11.2 Å². The van der Waals surface area contributed by atoms with Crippen LogP contribution in [-0.2, 0) is 0 Å². The fourth-order valence-corrected chi connectivity index (χ4v) is 6.12. The molecule has 9 heteroatoms. The van der Waals surface area contributed by atoms with Gasteiger partial charge in [-0.1, -0.05) is 35.1 Å². The van der Waals surface area contributed by atoms with E-state index in [0.29, 0.717) is 0 Å². The Hall–Kier alpha value is -2.13. The molecule has 0 spiro atoms. The third-order valence-corrected chi connectivity index (χ3v) is 7.49. The van der Waals surface area contributed by atoms with Crippen LogP contribution < -0.4 is 9.80 Å². The SMILES string of the molecule is Oc1c([C@@H](c2cccs2)[NH+]2CCN(c3cccc(Cl)c3)CC2)sc2ncnn12. The molecule has 3 aromatic heterocycles. The summed E-state index contributed by atoms with van der Waals surface area (Å²) >= 11 is 9.42. The minimum atomic E-state index is 0.0926. The first-order valence-electron chi connectivity index (χ1n) is 9.10. The maximum Gasteiger partial charge on any atom is 0.235 e. The number of thiazole rings is 1. The van der Waals surface area contributed by atoms with Gasteiger partial charge in [0, 0.05) is 10.7 Å². The number of anilines is 1. The largest absolute Gasteiger partial charge is 0.492 e. The van der Waals surface area contributed by atoms with Crippen LogP contribution in [0.15, 0.2) is 48.1 Å². The molecule has 5 rings (SSSR count). The van der Waals surface area contributed by atoms with Crippen LogP contribution in [0.5, 0.6) is 5.88 Å². The summed E-state index contributed by atoms with van der Waals surface area (Å²) in [6, 6.07) is 12.4. The first-order chi connectivity index (χ1) is 13.7. The van der Waals surface area contributed by atoms with E-state index in [1.165, 1.54) is 37.6 Å². The third kappa shape index (κ3) is 3.16. The van der Waals surface area contributed by atoms with E-state index >= 15 is 0 Å². The van der Waals surface area contributed by atoms with Gasteiger partial charge in [-0.05, 0) is 29.6 Å². The van der Waals surface area contributed by atoms with E-state index in [0.717, 1.165) is 41.0 Å². The number of aromatic nitrogens is 3. The summed E-state index contributed by atoms with van der Waals surface area (Å²) in [5.74, 6) is 0.209. The van der Waals surface area contributed by atoms with Gasteiger partial charge < -0.3 is 14.9 Å². The zero-order chi connectivity index (χ0) is 19.1. The molecule has 0 radical (unpaired) electrons. The highest BCUT2D eigenvalue weighted by Crippen LogP contribution is 2.36. The van der Waals surface area contributed by atoms with Crippen molar-refractivity contribution in [3.63, 3.8) is 0 Å². The van der Waals surface area contributed by atoms with Crippen molar-refractivity contribution in [3.05, 3.63) is 62.9 Å². The van der Waals surface area contributed by atoms with Crippen molar-refractivity contribution >= 4 is 44.9 Å². The minimum Gasteiger partial charge on any atom is -0.492 e. The van der Waals surface area contributed by atoms with Crippen molar-refractivity contribution in [2.24, 2.45) is 0 Å². The first-order valence-corrected chi connectivity index (χ1v) is 11.2. The molecule has 6 nitrogen and oxygen atoms in total. The second-order valence-electron chi connectivity index (χ2n) is 6.82. The maximum atomic E-state index is 10.8. The van der Waals surface area contributed by atoms with Gasteiger partial charge in [-0.25, -0.2) is 4.98 Å². The minimum absolute atomic E-state index is 0.0926. The fraction of sp³-hybridized carbons (Fsp3) is 0.263. The standard InChI is InChI=1S/C19H18ClN5OS2/c20-13-3-1-4-14(11-13)23-6-8-24(9-7-23)16(15-5-2-10-27-15)17-18(26)25-19(28-17)21-12-22-25/h1-5,10-12,16,26H,6-9H2/p+1/t16-/m1/s1. The molecular weight excluding hydrogens is 414 g/mol. The van der Waals surface area contributed by atoms with Crippen LogP contribution in [0, 0.1) is 0 Å². The van der Waals surface area contributed by atoms with Gasteiger partial charge in [-0.3, -0.25) is 0 Å². The van der Waals surface area contributed by atoms with E-state index in [9.17, 15) is 5.11 Å². The van der Waals surface area contributed by atoms with E-state index in [4.69, 9.17) is 11.6 Å². The molecule has 1 atom stereocenters. The number of nitrogens with zero attached hydrogens (tertiary/aromatic N) is 4. The van der Waals surface area contributed by atoms with E-state index in [1.54, 1.807) is 11.3 Å². The molecule has 1 saturated heterocycles. The van der Waals surface area contributed by atoms with Gasteiger partial charge >= 0.3 is 0 Å². The van der Waals surface area contributed by atoms with E-state index in [-0.39, 0.29) is 11.9 Å². The predicted molar refractivity (Wildman–Crippen MR) is 113 cm³/mol. The van der Waals surface area contributed by atoms with E-state index in [1.807, 2.05) is 18.2 Å². The summed E-state index contributed by atoms with van der Waals surface area (Å²) in [5, 5.41) is 17.8. The number of aromatic hydroxyl groups is 1. The van der Waals surface area contributed by atoms with Crippen molar-refractivity contribution < 1.29 is 10.0 Å². The molecule has 0 bridgehead atoms. The van der Waals surface area contributed by atoms with Gasteiger partial charge in [0.15, 0.2) is 6.04 Å². The lowest BCUT2D eigenvalue weighted by Gasteiger charge is -2.37. The van der Waals surface area contributed by atoms with Crippen LogP contribution in [0.1, 0.15) is 15.8 Å². The highest BCUT2D eigenvalue weighted by atomic mass is 35.5. The summed E-state index contributed by atoms with van der Waals surface area (Å²) in [6.07, 6.45) is 1.48. The molecule has 144 valence electrons. The highest BCUT2D eigenvalue weighted by Gasteiger charge is 2.35. The molecule has 28 heavy (non-hydrogen) atoms. The lowest BCUT2D eigenvalue weighted by molar-refractivity contribution is -0.925. The van der Waals surface area contributed by atoms with Crippen LogP contribution in [0.2, 0.25) is 5.02 Å². The van der Waals surface area contributed by atoms with Crippen LogP contribution in [0.3, 0.4) is 0 Å². The van der Waals surface area contributed by atoms with Crippen molar-refractivity contribution in [2.75, 3.05) is 31.1 Å². The second-order valence-corrected chi connectivity index (χ2v) is 9.24. The number of halogens is 1. The Kier molecular flexibility index (Phi) is 4.72. The number of rotatable bonds is 4. The third-order valence-electron chi connectivity index (χ3n) is 5.22. The molecule has 4 aromatic rings. The van der Waals surface area contributed by atoms with E-state index < -0.39 is 0 Å². The zero-order valence-electron chi connectivity index (χ0n) is 15.0. The number of benzene rings is 1. The maximum absolute atomic E-state index is 10.8. The van der Waals surface area contributed by atoms with Gasteiger partial charge in [-0.2, -0.15) is 9.61 Å². The Labute approximate surface area is 175 Å². The monoisotopic (exact) mass is 432 g/mol. The lowest BCUT2D eigenvalue weighted by atomic mass is 10.1. The Morgan fingerprint density at radius 2 is 2.04 bits per heavy atom. The summed E-state index contributed by atoms with van der Waals surface area (Å²) in [6.45, 7) is 3.84. The van der Waals surface area contributed by atoms with Crippen molar-refractivity contribution in [1.29, 1.82) is 0 Å². The number of thiophene rings is 1. The molecule has 1 aromatic carbocycles. The molecule has 1 fully saturated rings. The lowest BCUT2D eigenvalue weighted by Crippen LogP contribution is -3.15. The zero-order valence-corrected chi connectivity index (χ0v) is 17.3. The Morgan fingerprint density at radius 1 is 1.18 bits per heavy atom. The summed E-state index contributed by atoms with van der Waals surface area (Å²) in [5.41, 5.74) is 1.17. The average molecular weight is 433 g/mol. The second kappa shape index (κ2) is 7.36. The molecule has 0 amide bonds. The quantitative estimate of drug-likeness (QED) is 0.520.